The second-order valence-electron chi connectivity index (χ2n) is 3.65. The molecule has 16 heavy (non-hydrogen) atoms. The lowest BCUT2D eigenvalue weighted by Gasteiger charge is -1.94. The molecule has 0 amide bonds. The summed E-state index contributed by atoms with van der Waals surface area (Å²) in [7, 11) is 0. The van der Waals surface area contributed by atoms with Crippen LogP contribution in [0.2, 0.25) is 0 Å². The Morgan fingerprint density at radius 2 is 1.38 bits per heavy atom. The minimum atomic E-state index is 0.330. The van der Waals surface area contributed by atoms with Crippen LogP contribution in [0.15, 0.2) is 48.6 Å². The molecular formula is C15H24O. The summed E-state index contributed by atoms with van der Waals surface area (Å²) in [4.78, 5) is 0. The summed E-state index contributed by atoms with van der Waals surface area (Å²) in [5, 5.41) is 8.59. The Labute approximate surface area is 99.9 Å². The van der Waals surface area contributed by atoms with E-state index in [9.17, 15) is 0 Å². The highest BCUT2D eigenvalue weighted by molar-refractivity contribution is 5.14. The first kappa shape index (κ1) is 14.9. The lowest BCUT2D eigenvalue weighted by molar-refractivity contribution is 0.282. The van der Waals surface area contributed by atoms with Crippen molar-refractivity contribution in [2.45, 2.75) is 39.0 Å². The molecule has 0 aromatic heterocycles. The maximum absolute atomic E-state index is 8.59. The molecule has 0 saturated heterocycles. The van der Waals surface area contributed by atoms with Gasteiger partial charge in [0.05, 0.1) is 0 Å². The van der Waals surface area contributed by atoms with E-state index in [0.717, 1.165) is 19.3 Å². The third-order valence-corrected chi connectivity index (χ3v) is 2.16. The van der Waals surface area contributed by atoms with Gasteiger partial charge in [0, 0.05) is 6.61 Å². The molecule has 0 aromatic rings. The number of unbranched alkanes of at least 4 members (excludes halogenated alkanes) is 4. The smallest absolute Gasteiger partial charge is 0.0431 e. The van der Waals surface area contributed by atoms with E-state index in [1.54, 1.807) is 0 Å². The Balaban J connectivity index is 3.33. The van der Waals surface area contributed by atoms with E-state index < -0.39 is 0 Å². The van der Waals surface area contributed by atoms with E-state index in [4.69, 9.17) is 5.11 Å². The van der Waals surface area contributed by atoms with Gasteiger partial charge in [0.2, 0.25) is 0 Å². The first-order valence-electron chi connectivity index (χ1n) is 6.14. The zero-order valence-electron chi connectivity index (χ0n) is 10.3. The predicted octanol–water partition coefficient (Wildman–Crippen LogP) is 4.17. The monoisotopic (exact) mass is 220 g/mol. The number of rotatable bonds is 9. The number of hydrogen-bond donors (Lipinski definition) is 1. The van der Waals surface area contributed by atoms with E-state index in [1.165, 1.54) is 12.8 Å². The van der Waals surface area contributed by atoms with Crippen molar-refractivity contribution in [1.29, 1.82) is 0 Å². The van der Waals surface area contributed by atoms with Crippen LogP contribution in [-0.4, -0.2) is 11.7 Å². The first-order valence-corrected chi connectivity index (χ1v) is 6.14. The highest BCUT2D eigenvalue weighted by Crippen LogP contribution is 2.02. The lowest BCUT2D eigenvalue weighted by Crippen LogP contribution is -1.82. The van der Waals surface area contributed by atoms with Gasteiger partial charge in [-0.1, -0.05) is 61.4 Å². The molecule has 0 saturated carbocycles. The Morgan fingerprint density at radius 1 is 0.750 bits per heavy atom. The standard InChI is InChI=1S/C15H24O/c1-2-3-4-5-6-7-8-9-10-11-12-13-14-15-16/h2-9,16H,10-15H2,1H3. The molecule has 0 unspecified atom stereocenters. The van der Waals surface area contributed by atoms with Crippen LogP contribution in [0.5, 0.6) is 0 Å². The topological polar surface area (TPSA) is 20.2 Å². The molecule has 0 fully saturated rings. The molecule has 90 valence electrons. The Kier molecular flexibility index (Phi) is 13.0. The minimum absolute atomic E-state index is 0.330. The number of aliphatic hydroxyl groups excluding tert-OH is 1. The average molecular weight is 220 g/mol. The fraction of sp³-hybridized carbons (Fsp3) is 0.467. The number of aliphatic hydroxyl groups is 1. The van der Waals surface area contributed by atoms with E-state index in [1.807, 2.05) is 43.4 Å². The fourth-order valence-electron chi connectivity index (χ4n) is 1.27. The Bertz CT molecular complexity index is 234. The van der Waals surface area contributed by atoms with Crippen molar-refractivity contribution in [3.05, 3.63) is 48.6 Å². The summed E-state index contributed by atoms with van der Waals surface area (Å²) in [6.45, 7) is 2.34. The largest absolute Gasteiger partial charge is 0.396 e. The Morgan fingerprint density at radius 3 is 2.06 bits per heavy atom. The van der Waals surface area contributed by atoms with Gasteiger partial charge in [-0.25, -0.2) is 0 Å². The molecule has 0 bridgehead atoms. The van der Waals surface area contributed by atoms with Gasteiger partial charge < -0.3 is 5.11 Å². The molecule has 0 aliphatic heterocycles. The van der Waals surface area contributed by atoms with Gasteiger partial charge in [-0.3, -0.25) is 0 Å². The van der Waals surface area contributed by atoms with Crippen LogP contribution in [0.4, 0.5) is 0 Å². The van der Waals surface area contributed by atoms with Crippen molar-refractivity contribution < 1.29 is 5.11 Å². The van der Waals surface area contributed by atoms with Gasteiger partial charge in [0.25, 0.3) is 0 Å². The van der Waals surface area contributed by atoms with Crippen molar-refractivity contribution in [2.75, 3.05) is 6.61 Å². The van der Waals surface area contributed by atoms with Gasteiger partial charge in [-0.05, 0) is 26.2 Å². The molecule has 0 radical (unpaired) electrons. The van der Waals surface area contributed by atoms with Gasteiger partial charge in [-0.2, -0.15) is 0 Å². The minimum Gasteiger partial charge on any atom is -0.396 e. The van der Waals surface area contributed by atoms with Crippen molar-refractivity contribution in [2.24, 2.45) is 0 Å². The van der Waals surface area contributed by atoms with Crippen LogP contribution in [0.1, 0.15) is 39.0 Å². The number of hydrogen-bond acceptors (Lipinski definition) is 1. The summed E-state index contributed by atoms with van der Waals surface area (Å²) < 4.78 is 0. The lowest BCUT2D eigenvalue weighted by atomic mass is 10.1. The molecule has 0 aliphatic carbocycles. The van der Waals surface area contributed by atoms with Gasteiger partial charge in [0.15, 0.2) is 0 Å². The fourth-order valence-corrected chi connectivity index (χ4v) is 1.27. The van der Waals surface area contributed by atoms with Crippen LogP contribution in [-0.2, 0) is 0 Å². The number of allylic oxidation sites excluding steroid dienone is 8. The molecule has 0 aromatic carbocycles. The molecule has 1 N–H and O–H groups in total. The predicted molar refractivity (Wildman–Crippen MR) is 72.4 cm³/mol. The van der Waals surface area contributed by atoms with E-state index in [-0.39, 0.29) is 0 Å². The first-order chi connectivity index (χ1) is 7.91. The van der Waals surface area contributed by atoms with Crippen LogP contribution < -0.4 is 0 Å². The SMILES string of the molecule is CC=CC=CC=CC=CCCCCCCO. The molecule has 0 heterocycles. The van der Waals surface area contributed by atoms with Gasteiger partial charge >= 0.3 is 0 Å². The maximum Gasteiger partial charge on any atom is 0.0431 e. The quantitative estimate of drug-likeness (QED) is 0.456. The van der Waals surface area contributed by atoms with Crippen LogP contribution in [0.25, 0.3) is 0 Å². The van der Waals surface area contributed by atoms with Crippen molar-refractivity contribution in [3.63, 3.8) is 0 Å². The second-order valence-corrected chi connectivity index (χ2v) is 3.65. The Hall–Kier alpha value is -1.08. The third-order valence-electron chi connectivity index (χ3n) is 2.16. The molecule has 0 rings (SSSR count). The maximum atomic E-state index is 8.59. The summed E-state index contributed by atoms with van der Waals surface area (Å²) in [6.07, 6.45) is 22.1. The third kappa shape index (κ3) is 12.9. The van der Waals surface area contributed by atoms with Gasteiger partial charge in [-0.15, -0.1) is 0 Å². The molecule has 1 heteroatoms. The average Bonchev–Trinajstić information content (AvgIpc) is 2.31. The van der Waals surface area contributed by atoms with Crippen LogP contribution >= 0.6 is 0 Å². The molecule has 0 aliphatic rings. The summed E-state index contributed by atoms with van der Waals surface area (Å²) in [5.74, 6) is 0. The second kappa shape index (κ2) is 13.9. The summed E-state index contributed by atoms with van der Waals surface area (Å²) >= 11 is 0. The van der Waals surface area contributed by atoms with Gasteiger partial charge in [0.1, 0.15) is 0 Å². The highest BCUT2D eigenvalue weighted by Gasteiger charge is 1.85. The van der Waals surface area contributed by atoms with Crippen molar-refractivity contribution in [3.8, 4) is 0 Å². The van der Waals surface area contributed by atoms with Crippen molar-refractivity contribution >= 4 is 0 Å². The molecule has 1 nitrogen and oxygen atoms in total. The molecule has 0 atom stereocenters. The normalized spacial score (nSPS) is 12.9. The van der Waals surface area contributed by atoms with E-state index >= 15 is 0 Å². The molecule has 0 spiro atoms. The molecular weight excluding hydrogens is 196 g/mol. The highest BCUT2D eigenvalue weighted by atomic mass is 16.2. The van der Waals surface area contributed by atoms with Crippen LogP contribution in [0.3, 0.4) is 0 Å². The van der Waals surface area contributed by atoms with Crippen LogP contribution in [0, 0.1) is 0 Å². The van der Waals surface area contributed by atoms with Crippen molar-refractivity contribution in [1.82, 2.24) is 0 Å². The summed E-state index contributed by atoms with van der Waals surface area (Å²) in [6, 6.07) is 0. The van der Waals surface area contributed by atoms with E-state index in [0.29, 0.717) is 6.61 Å². The van der Waals surface area contributed by atoms with E-state index in [2.05, 4.69) is 12.2 Å². The zero-order chi connectivity index (χ0) is 11.9. The zero-order valence-corrected chi connectivity index (χ0v) is 10.3. The summed E-state index contributed by atoms with van der Waals surface area (Å²) in [5.41, 5.74) is 0.